The van der Waals surface area contributed by atoms with E-state index in [1.807, 2.05) is 0 Å². The summed E-state index contributed by atoms with van der Waals surface area (Å²) in [5.74, 6) is 0.881. The number of hydrogen-bond acceptors (Lipinski definition) is 1. The third-order valence-electron chi connectivity index (χ3n) is 3.77. The zero-order valence-corrected chi connectivity index (χ0v) is 9.39. The first-order chi connectivity index (χ1) is 6.86. The Morgan fingerprint density at radius 2 is 2.00 bits per heavy atom. The summed E-state index contributed by atoms with van der Waals surface area (Å²) in [4.78, 5) is 0. The maximum absolute atomic E-state index is 3.77. The monoisotopic (exact) mass is 193 g/mol. The molecule has 0 saturated heterocycles. The predicted octanol–water partition coefficient (Wildman–Crippen LogP) is 3.61. The molecule has 14 heavy (non-hydrogen) atoms. The highest BCUT2D eigenvalue weighted by molar-refractivity contribution is 5.04. The molecule has 0 amide bonds. The number of allylic oxidation sites excluding steroid dienone is 2. The van der Waals surface area contributed by atoms with Crippen LogP contribution in [0.25, 0.3) is 0 Å². The van der Waals surface area contributed by atoms with Crippen LogP contribution in [0.2, 0.25) is 0 Å². The molecule has 1 N–H and O–H groups in total. The van der Waals surface area contributed by atoms with Gasteiger partial charge in [0, 0.05) is 11.7 Å². The summed E-state index contributed by atoms with van der Waals surface area (Å²) < 4.78 is 0. The minimum atomic E-state index is 0.771. The zero-order chi connectivity index (χ0) is 9.80. The van der Waals surface area contributed by atoms with Crippen LogP contribution in [0.15, 0.2) is 11.8 Å². The Bertz CT molecular complexity index is 207. The van der Waals surface area contributed by atoms with Crippen molar-refractivity contribution in [1.82, 2.24) is 5.32 Å². The molecule has 0 aliphatic heterocycles. The van der Waals surface area contributed by atoms with Crippen LogP contribution in [0.4, 0.5) is 0 Å². The van der Waals surface area contributed by atoms with Crippen molar-refractivity contribution in [1.29, 1.82) is 0 Å². The lowest BCUT2D eigenvalue weighted by molar-refractivity contribution is 0.292. The number of hydrogen-bond donors (Lipinski definition) is 1. The Hall–Kier alpha value is -0.460. The van der Waals surface area contributed by atoms with Gasteiger partial charge in [-0.1, -0.05) is 25.8 Å². The summed E-state index contributed by atoms with van der Waals surface area (Å²) >= 11 is 0. The van der Waals surface area contributed by atoms with Crippen LogP contribution < -0.4 is 5.32 Å². The Kier molecular flexibility index (Phi) is 3.49. The molecule has 0 heterocycles. The van der Waals surface area contributed by atoms with Crippen molar-refractivity contribution in [3.63, 3.8) is 0 Å². The molecule has 0 radical (unpaired) electrons. The van der Waals surface area contributed by atoms with Gasteiger partial charge < -0.3 is 5.32 Å². The average Bonchev–Trinajstić information content (AvgIpc) is 2.23. The van der Waals surface area contributed by atoms with E-state index in [1.165, 1.54) is 57.1 Å². The Balaban J connectivity index is 1.85. The second-order valence-corrected chi connectivity index (χ2v) is 4.99. The van der Waals surface area contributed by atoms with Crippen molar-refractivity contribution >= 4 is 0 Å². The summed E-state index contributed by atoms with van der Waals surface area (Å²) in [6.07, 6.45) is 13.5. The van der Waals surface area contributed by atoms with Crippen LogP contribution in [-0.2, 0) is 0 Å². The maximum Gasteiger partial charge on any atom is 0.0283 e. The molecule has 80 valence electrons. The molecule has 1 fully saturated rings. The molecule has 0 aromatic carbocycles. The van der Waals surface area contributed by atoms with Crippen molar-refractivity contribution in [2.45, 2.75) is 64.3 Å². The van der Waals surface area contributed by atoms with E-state index in [1.54, 1.807) is 0 Å². The van der Waals surface area contributed by atoms with Gasteiger partial charge in [-0.15, -0.1) is 0 Å². The molecule has 0 aromatic rings. The Morgan fingerprint density at radius 1 is 1.14 bits per heavy atom. The Labute approximate surface area is 88.0 Å². The smallest absolute Gasteiger partial charge is 0.0283 e. The molecular formula is C13H23N. The molecule has 1 heteroatoms. The minimum Gasteiger partial charge on any atom is -0.386 e. The number of nitrogens with one attached hydrogen (secondary N) is 1. The molecule has 2 unspecified atom stereocenters. The SMILES string of the molecule is CC1CCCCC1NC1=CCCCC1. The second-order valence-electron chi connectivity index (χ2n) is 4.99. The highest BCUT2D eigenvalue weighted by Crippen LogP contribution is 2.26. The zero-order valence-electron chi connectivity index (χ0n) is 9.39. The van der Waals surface area contributed by atoms with E-state index < -0.39 is 0 Å². The van der Waals surface area contributed by atoms with Crippen LogP contribution >= 0.6 is 0 Å². The molecule has 1 nitrogen and oxygen atoms in total. The first-order valence-electron chi connectivity index (χ1n) is 6.32. The standard InChI is InChI=1S/C13H23N/c1-11-7-5-6-10-13(11)14-12-8-3-2-4-9-12/h8,11,13-14H,2-7,9-10H2,1H3. The van der Waals surface area contributed by atoms with Gasteiger partial charge >= 0.3 is 0 Å². The van der Waals surface area contributed by atoms with Gasteiger partial charge in [-0.2, -0.15) is 0 Å². The molecule has 0 spiro atoms. The summed E-state index contributed by atoms with van der Waals surface area (Å²) in [5.41, 5.74) is 1.54. The lowest BCUT2D eigenvalue weighted by Gasteiger charge is -2.32. The molecule has 2 atom stereocenters. The first-order valence-corrected chi connectivity index (χ1v) is 6.32. The quantitative estimate of drug-likeness (QED) is 0.706. The van der Waals surface area contributed by atoms with E-state index >= 15 is 0 Å². The van der Waals surface area contributed by atoms with E-state index in [0.717, 1.165) is 12.0 Å². The maximum atomic E-state index is 3.77. The molecule has 2 aliphatic carbocycles. The third kappa shape index (κ3) is 2.52. The van der Waals surface area contributed by atoms with E-state index in [-0.39, 0.29) is 0 Å². The Morgan fingerprint density at radius 3 is 2.71 bits per heavy atom. The molecular weight excluding hydrogens is 170 g/mol. The summed E-state index contributed by atoms with van der Waals surface area (Å²) in [6, 6.07) is 0.771. The van der Waals surface area contributed by atoms with Crippen molar-refractivity contribution in [2.24, 2.45) is 5.92 Å². The second kappa shape index (κ2) is 4.86. The molecule has 2 aliphatic rings. The van der Waals surface area contributed by atoms with Crippen molar-refractivity contribution in [2.75, 3.05) is 0 Å². The van der Waals surface area contributed by atoms with Gasteiger partial charge in [-0.05, 0) is 44.4 Å². The topological polar surface area (TPSA) is 12.0 Å². The highest BCUT2D eigenvalue weighted by atomic mass is 14.9. The van der Waals surface area contributed by atoms with Gasteiger partial charge in [0.15, 0.2) is 0 Å². The van der Waals surface area contributed by atoms with Crippen LogP contribution in [0.1, 0.15) is 58.3 Å². The lowest BCUT2D eigenvalue weighted by Crippen LogP contribution is -2.36. The van der Waals surface area contributed by atoms with E-state index in [9.17, 15) is 0 Å². The van der Waals surface area contributed by atoms with E-state index in [0.29, 0.717) is 0 Å². The van der Waals surface area contributed by atoms with Crippen molar-refractivity contribution in [3.8, 4) is 0 Å². The van der Waals surface area contributed by atoms with Gasteiger partial charge in [-0.25, -0.2) is 0 Å². The average molecular weight is 193 g/mol. The lowest BCUT2D eigenvalue weighted by atomic mass is 9.85. The largest absolute Gasteiger partial charge is 0.386 e. The molecule has 2 rings (SSSR count). The van der Waals surface area contributed by atoms with Gasteiger partial charge in [-0.3, -0.25) is 0 Å². The minimum absolute atomic E-state index is 0.771. The van der Waals surface area contributed by atoms with Gasteiger partial charge in [0.2, 0.25) is 0 Å². The van der Waals surface area contributed by atoms with Crippen LogP contribution in [-0.4, -0.2) is 6.04 Å². The summed E-state index contributed by atoms with van der Waals surface area (Å²) in [5, 5.41) is 3.77. The fraction of sp³-hybridized carbons (Fsp3) is 0.846. The van der Waals surface area contributed by atoms with Gasteiger partial charge in [0.25, 0.3) is 0 Å². The van der Waals surface area contributed by atoms with Crippen LogP contribution in [0, 0.1) is 5.92 Å². The van der Waals surface area contributed by atoms with Crippen LogP contribution in [0.3, 0.4) is 0 Å². The van der Waals surface area contributed by atoms with Crippen molar-refractivity contribution < 1.29 is 0 Å². The van der Waals surface area contributed by atoms with Gasteiger partial charge in [0.05, 0.1) is 0 Å². The molecule has 0 bridgehead atoms. The predicted molar refractivity (Wildman–Crippen MR) is 61.1 cm³/mol. The van der Waals surface area contributed by atoms with Crippen LogP contribution in [0.5, 0.6) is 0 Å². The summed E-state index contributed by atoms with van der Waals surface area (Å²) in [6.45, 7) is 2.40. The highest BCUT2D eigenvalue weighted by Gasteiger charge is 2.21. The normalized spacial score (nSPS) is 33.6. The summed E-state index contributed by atoms with van der Waals surface area (Å²) in [7, 11) is 0. The van der Waals surface area contributed by atoms with Gasteiger partial charge in [0.1, 0.15) is 0 Å². The fourth-order valence-electron chi connectivity index (χ4n) is 2.74. The molecule has 1 saturated carbocycles. The number of rotatable bonds is 2. The first kappa shape index (κ1) is 10.1. The van der Waals surface area contributed by atoms with E-state index in [4.69, 9.17) is 0 Å². The molecule has 0 aromatic heterocycles. The van der Waals surface area contributed by atoms with Crippen molar-refractivity contribution in [3.05, 3.63) is 11.8 Å². The van der Waals surface area contributed by atoms with E-state index in [2.05, 4.69) is 18.3 Å². The fourth-order valence-corrected chi connectivity index (χ4v) is 2.74. The third-order valence-corrected chi connectivity index (χ3v) is 3.77.